The minimum Gasteiger partial charge on any atom is -0.452 e. The maximum absolute atomic E-state index is 12.8. The van der Waals surface area contributed by atoms with Gasteiger partial charge in [-0.1, -0.05) is 41.9 Å². The number of ether oxygens (including phenoxy) is 1. The Kier molecular flexibility index (Phi) is 5.94. The lowest BCUT2D eigenvalue weighted by atomic mass is 10.0. The van der Waals surface area contributed by atoms with Crippen LogP contribution in [-0.2, 0) is 9.53 Å². The van der Waals surface area contributed by atoms with E-state index in [2.05, 4.69) is 10.3 Å². The zero-order chi connectivity index (χ0) is 21.8. The van der Waals surface area contributed by atoms with Crippen molar-refractivity contribution in [3.05, 3.63) is 82.2 Å². The number of fused-ring (bicyclic) bond motifs is 1. The molecule has 0 aliphatic heterocycles. The minimum atomic E-state index is -0.643. The van der Waals surface area contributed by atoms with E-state index in [4.69, 9.17) is 21.6 Å². The topological polar surface area (TPSA) is 92.1 Å². The molecular formula is C23H14ClN3O3S. The van der Waals surface area contributed by atoms with Gasteiger partial charge < -0.3 is 10.1 Å². The van der Waals surface area contributed by atoms with Crippen LogP contribution < -0.4 is 5.32 Å². The number of thiophene rings is 1. The second-order valence-electron chi connectivity index (χ2n) is 6.48. The SMILES string of the molecule is N#Cc1ccsc1NC(=O)COC(=O)c1cc(-c2ccc(Cl)cc2)nc2ccccc12. The van der Waals surface area contributed by atoms with E-state index >= 15 is 0 Å². The molecule has 0 spiro atoms. The molecule has 6 nitrogen and oxygen atoms in total. The number of esters is 1. The summed E-state index contributed by atoms with van der Waals surface area (Å²) in [6.45, 7) is -0.478. The standard InChI is InChI=1S/C23H14ClN3O3S/c24-16-7-5-14(6-8-16)20-11-18(17-3-1-2-4-19(17)26-20)23(29)30-13-21(28)27-22-15(12-25)9-10-31-22/h1-11H,13H2,(H,27,28). The van der Waals surface area contributed by atoms with Crippen molar-refractivity contribution in [3.63, 3.8) is 0 Å². The molecule has 4 rings (SSSR count). The van der Waals surface area contributed by atoms with E-state index in [0.717, 1.165) is 5.56 Å². The Balaban J connectivity index is 1.57. The highest BCUT2D eigenvalue weighted by Crippen LogP contribution is 2.26. The summed E-state index contributed by atoms with van der Waals surface area (Å²) < 4.78 is 5.25. The number of halogens is 1. The predicted molar refractivity (Wildman–Crippen MR) is 120 cm³/mol. The number of pyridine rings is 1. The van der Waals surface area contributed by atoms with E-state index in [-0.39, 0.29) is 0 Å². The Morgan fingerprint density at radius 1 is 1.13 bits per heavy atom. The Hall–Kier alpha value is -3.73. The smallest absolute Gasteiger partial charge is 0.339 e. The summed E-state index contributed by atoms with van der Waals surface area (Å²) in [6, 6.07) is 19.6. The summed E-state index contributed by atoms with van der Waals surface area (Å²) in [5.74, 6) is -1.17. The number of carbonyl (C=O) groups is 2. The van der Waals surface area contributed by atoms with Crippen LogP contribution in [-0.4, -0.2) is 23.5 Å². The molecule has 152 valence electrons. The van der Waals surface area contributed by atoms with E-state index in [0.29, 0.717) is 37.7 Å². The van der Waals surface area contributed by atoms with E-state index in [1.807, 2.05) is 24.3 Å². The van der Waals surface area contributed by atoms with Gasteiger partial charge in [0.25, 0.3) is 5.91 Å². The molecule has 0 atom stereocenters. The molecule has 0 fully saturated rings. The average molecular weight is 448 g/mol. The number of hydrogen-bond acceptors (Lipinski definition) is 6. The lowest BCUT2D eigenvalue weighted by Gasteiger charge is -2.10. The van der Waals surface area contributed by atoms with Crippen molar-refractivity contribution in [2.24, 2.45) is 0 Å². The van der Waals surface area contributed by atoms with Crippen LogP contribution in [0.4, 0.5) is 5.00 Å². The van der Waals surface area contributed by atoms with Crippen molar-refractivity contribution in [1.82, 2.24) is 4.98 Å². The monoisotopic (exact) mass is 447 g/mol. The van der Waals surface area contributed by atoms with Crippen LogP contribution >= 0.6 is 22.9 Å². The number of benzene rings is 2. The van der Waals surface area contributed by atoms with Crippen molar-refractivity contribution < 1.29 is 14.3 Å². The van der Waals surface area contributed by atoms with Gasteiger partial charge in [-0.3, -0.25) is 4.79 Å². The fourth-order valence-corrected chi connectivity index (χ4v) is 3.86. The Bertz CT molecular complexity index is 1330. The lowest BCUT2D eigenvalue weighted by Crippen LogP contribution is -2.21. The summed E-state index contributed by atoms with van der Waals surface area (Å²) in [4.78, 5) is 29.6. The highest BCUT2D eigenvalue weighted by molar-refractivity contribution is 7.14. The molecule has 4 aromatic rings. The van der Waals surface area contributed by atoms with Crippen LogP contribution in [0.25, 0.3) is 22.2 Å². The van der Waals surface area contributed by atoms with E-state index < -0.39 is 18.5 Å². The van der Waals surface area contributed by atoms with Gasteiger partial charge in [0.2, 0.25) is 0 Å². The van der Waals surface area contributed by atoms with Crippen LogP contribution in [0.1, 0.15) is 15.9 Å². The van der Waals surface area contributed by atoms with Crippen LogP contribution in [0.5, 0.6) is 0 Å². The number of amides is 1. The van der Waals surface area contributed by atoms with Crippen LogP contribution in [0.3, 0.4) is 0 Å². The van der Waals surface area contributed by atoms with Crippen molar-refractivity contribution >= 4 is 50.7 Å². The molecular weight excluding hydrogens is 434 g/mol. The molecule has 0 saturated carbocycles. The van der Waals surface area contributed by atoms with Gasteiger partial charge >= 0.3 is 5.97 Å². The van der Waals surface area contributed by atoms with Gasteiger partial charge in [-0.2, -0.15) is 5.26 Å². The van der Waals surface area contributed by atoms with Crippen LogP contribution in [0.2, 0.25) is 5.02 Å². The third-order valence-electron chi connectivity index (χ3n) is 4.45. The minimum absolute atomic E-state index is 0.303. The van der Waals surface area contributed by atoms with Gasteiger partial charge in [0.1, 0.15) is 11.1 Å². The zero-order valence-electron chi connectivity index (χ0n) is 16.0. The zero-order valence-corrected chi connectivity index (χ0v) is 17.5. The summed E-state index contributed by atoms with van der Waals surface area (Å²) in [6.07, 6.45) is 0. The highest BCUT2D eigenvalue weighted by atomic mass is 35.5. The van der Waals surface area contributed by atoms with Gasteiger partial charge in [0, 0.05) is 16.0 Å². The Morgan fingerprint density at radius 3 is 2.68 bits per heavy atom. The predicted octanol–water partition coefficient (Wildman–Crippen LogP) is 5.28. The third-order valence-corrected chi connectivity index (χ3v) is 5.53. The maximum Gasteiger partial charge on any atom is 0.339 e. The van der Waals surface area contributed by atoms with Gasteiger partial charge in [-0.05, 0) is 35.7 Å². The van der Waals surface area contributed by atoms with Gasteiger partial charge in [0.05, 0.1) is 22.3 Å². The first-order valence-corrected chi connectivity index (χ1v) is 10.4. The first-order valence-electron chi connectivity index (χ1n) is 9.15. The molecule has 2 aromatic carbocycles. The van der Waals surface area contributed by atoms with E-state index in [1.54, 1.807) is 47.8 Å². The Labute approximate surface area is 186 Å². The number of rotatable bonds is 5. The Morgan fingerprint density at radius 2 is 1.90 bits per heavy atom. The second-order valence-corrected chi connectivity index (χ2v) is 7.83. The lowest BCUT2D eigenvalue weighted by molar-refractivity contribution is -0.119. The summed E-state index contributed by atoms with van der Waals surface area (Å²) >= 11 is 7.19. The maximum atomic E-state index is 12.8. The molecule has 0 saturated heterocycles. The fraction of sp³-hybridized carbons (Fsp3) is 0.0435. The first kappa shape index (κ1) is 20.5. The molecule has 2 heterocycles. The molecule has 1 amide bonds. The molecule has 0 aliphatic rings. The number of hydrogen-bond donors (Lipinski definition) is 1. The number of carbonyl (C=O) groups excluding carboxylic acids is 2. The average Bonchev–Trinajstić information content (AvgIpc) is 3.24. The number of aromatic nitrogens is 1. The number of nitrogens with one attached hydrogen (secondary N) is 1. The van der Waals surface area contributed by atoms with Crippen molar-refractivity contribution in [3.8, 4) is 17.3 Å². The number of nitriles is 1. The summed E-state index contributed by atoms with van der Waals surface area (Å²) in [5.41, 5.74) is 2.67. The van der Waals surface area contributed by atoms with Crippen molar-refractivity contribution in [2.45, 2.75) is 0 Å². The molecule has 0 aliphatic carbocycles. The van der Waals surface area contributed by atoms with Crippen molar-refractivity contribution in [2.75, 3.05) is 11.9 Å². The molecule has 0 bridgehead atoms. The normalized spacial score (nSPS) is 10.5. The first-order chi connectivity index (χ1) is 15.0. The quantitative estimate of drug-likeness (QED) is 0.420. The molecule has 8 heteroatoms. The van der Waals surface area contributed by atoms with Crippen molar-refractivity contribution in [1.29, 1.82) is 5.26 Å². The number of nitrogens with zero attached hydrogens (tertiary/aromatic N) is 2. The second kappa shape index (κ2) is 8.96. The number of para-hydroxylation sites is 1. The molecule has 0 radical (unpaired) electrons. The van der Waals surface area contributed by atoms with Gasteiger partial charge in [-0.25, -0.2) is 9.78 Å². The third kappa shape index (κ3) is 4.56. The van der Waals surface area contributed by atoms with Crippen LogP contribution in [0.15, 0.2) is 66.0 Å². The molecule has 1 N–H and O–H groups in total. The largest absolute Gasteiger partial charge is 0.452 e. The summed E-state index contributed by atoms with van der Waals surface area (Å²) in [5, 5.41) is 14.9. The highest BCUT2D eigenvalue weighted by Gasteiger charge is 2.17. The molecule has 2 aromatic heterocycles. The van der Waals surface area contributed by atoms with Crippen LogP contribution in [0, 0.1) is 11.3 Å². The van der Waals surface area contributed by atoms with Gasteiger partial charge in [0.15, 0.2) is 6.61 Å². The number of anilines is 1. The molecule has 0 unspecified atom stereocenters. The van der Waals surface area contributed by atoms with Gasteiger partial charge in [-0.15, -0.1) is 11.3 Å². The fourth-order valence-electron chi connectivity index (χ4n) is 2.98. The van der Waals surface area contributed by atoms with E-state index in [1.165, 1.54) is 11.3 Å². The van der Waals surface area contributed by atoms with E-state index in [9.17, 15) is 9.59 Å². The summed E-state index contributed by atoms with van der Waals surface area (Å²) in [7, 11) is 0. The molecule has 31 heavy (non-hydrogen) atoms.